The first-order chi connectivity index (χ1) is 8.20. The van der Waals surface area contributed by atoms with Crippen LogP contribution in [-0.4, -0.2) is 28.5 Å². The van der Waals surface area contributed by atoms with E-state index in [2.05, 4.69) is 41.2 Å². The van der Waals surface area contributed by atoms with Gasteiger partial charge in [0.25, 0.3) is 0 Å². The van der Waals surface area contributed by atoms with E-state index in [9.17, 15) is 0 Å². The second-order valence-corrected chi connectivity index (χ2v) is 4.63. The maximum absolute atomic E-state index is 8.58. The second-order valence-electron chi connectivity index (χ2n) is 4.63. The largest absolute Gasteiger partial charge is 0.409 e. The normalized spacial score (nSPS) is 18.8. The molecule has 4 heteroatoms. The van der Waals surface area contributed by atoms with Crippen molar-refractivity contribution in [1.29, 1.82) is 0 Å². The van der Waals surface area contributed by atoms with Crippen LogP contribution >= 0.6 is 0 Å². The molecular formula is C13H19N3O. The molecular weight excluding hydrogens is 214 g/mol. The summed E-state index contributed by atoms with van der Waals surface area (Å²) in [5.41, 5.74) is 8.39. The Morgan fingerprint density at radius 1 is 1.47 bits per heavy atom. The molecule has 1 heterocycles. The van der Waals surface area contributed by atoms with Gasteiger partial charge < -0.3 is 10.9 Å². The maximum atomic E-state index is 8.58. The number of hydrogen-bond acceptors (Lipinski definition) is 3. The summed E-state index contributed by atoms with van der Waals surface area (Å²) >= 11 is 0. The van der Waals surface area contributed by atoms with Gasteiger partial charge in [0, 0.05) is 25.6 Å². The monoisotopic (exact) mass is 233 g/mol. The topological polar surface area (TPSA) is 61.9 Å². The first kappa shape index (κ1) is 11.9. The zero-order valence-corrected chi connectivity index (χ0v) is 10.1. The van der Waals surface area contributed by atoms with Gasteiger partial charge in [-0.15, -0.1) is 0 Å². The Labute approximate surface area is 102 Å². The van der Waals surface area contributed by atoms with E-state index in [-0.39, 0.29) is 0 Å². The van der Waals surface area contributed by atoms with Gasteiger partial charge in [0.1, 0.15) is 5.84 Å². The number of nitrogens with two attached hydrogens (primary N) is 1. The SMILES string of the molecule is CC(CC(N)=NO)N1CCc2ccccc2C1. The van der Waals surface area contributed by atoms with Gasteiger partial charge in [0.15, 0.2) is 0 Å². The number of hydrogen-bond donors (Lipinski definition) is 2. The summed E-state index contributed by atoms with van der Waals surface area (Å²) in [6.45, 7) is 4.11. The Hall–Kier alpha value is -1.55. The molecule has 0 aliphatic carbocycles. The number of fused-ring (bicyclic) bond motifs is 1. The molecule has 1 aliphatic heterocycles. The average Bonchev–Trinajstić information content (AvgIpc) is 2.38. The van der Waals surface area contributed by atoms with Crippen molar-refractivity contribution >= 4 is 5.84 Å². The van der Waals surface area contributed by atoms with Gasteiger partial charge in [0.05, 0.1) is 0 Å². The van der Waals surface area contributed by atoms with Crippen LogP contribution in [0, 0.1) is 0 Å². The molecule has 0 aromatic heterocycles. The molecule has 4 nitrogen and oxygen atoms in total. The fraction of sp³-hybridized carbons (Fsp3) is 0.462. The lowest BCUT2D eigenvalue weighted by molar-refractivity contribution is 0.193. The van der Waals surface area contributed by atoms with Crippen LogP contribution in [0.1, 0.15) is 24.5 Å². The lowest BCUT2D eigenvalue weighted by Gasteiger charge is -2.33. The Balaban J connectivity index is 2.02. The molecule has 3 N–H and O–H groups in total. The fourth-order valence-corrected chi connectivity index (χ4v) is 2.37. The molecule has 17 heavy (non-hydrogen) atoms. The molecule has 1 atom stereocenters. The van der Waals surface area contributed by atoms with Crippen LogP contribution < -0.4 is 5.73 Å². The molecule has 1 aromatic rings. The summed E-state index contributed by atoms with van der Waals surface area (Å²) in [6.07, 6.45) is 1.69. The number of amidine groups is 1. The van der Waals surface area contributed by atoms with Gasteiger partial charge in [-0.05, 0) is 24.5 Å². The van der Waals surface area contributed by atoms with E-state index < -0.39 is 0 Å². The van der Waals surface area contributed by atoms with Crippen molar-refractivity contribution in [3.05, 3.63) is 35.4 Å². The summed E-state index contributed by atoms with van der Waals surface area (Å²) in [6, 6.07) is 8.85. The highest BCUT2D eigenvalue weighted by Crippen LogP contribution is 2.20. The van der Waals surface area contributed by atoms with Crippen LogP contribution in [0.4, 0.5) is 0 Å². The van der Waals surface area contributed by atoms with Gasteiger partial charge >= 0.3 is 0 Å². The lowest BCUT2D eigenvalue weighted by atomic mass is 9.98. The Morgan fingerprint density at radius 2 is 2.18 bits per heavy atom. The minimum Gasteiger partial charge on any atom is -0.409 e. The van der Waals surface area contributed by atoms with Crippen LogP contribution in [0.25, 0.3) is 0 Å². The van der Waals surface area contributed by atoms with Gasteiger partial charge in [0.2, 0.25) is 0 Å². The van der Waals surface area contributed by atoms with Crippen LogP contribution in [-0.2, 0) is 13.0 Å². The number of rotatable bonds is 3. The molecule has 1 unspecified atom stereocenters. The number of benzene rings is 1. The highest BCUT2D eigenvalue weighted by molar-refractivity contribution is 5.80. The van der Waals surface area contributed by atoms with E-state index in [4.69, 9.17) is 10.9 Å². The van der Waals surface area contributed by atoms with Crippen molar-refractivity contribution in [2.45, 2.75) is 32.4 Å². The number of nitrogens with zero attached hydrogens (tertiary/aromatic N) is 2. The maximum Gasteiger partial charge on any atom is 0.140 e. The summed E-state index contributed by atoms with van der Waals surface area (Å²) in [4.78, 5) is 2.38. The second kappa shape index (κ2) is 5.19. The molecule has 0 spiro atoms. The summed E-state index contributed by atoms with van der Waals surface area (Å²) in [5, 5.41) is 11.6. The van der Waals surface area contributed by atoms with Gasteiger partial charge in [-0.1, -0.05) is 29.4 Å². The molecule has 92 valence electrons. The molecule has 0 radical (unpaired) electrons. The van der Waals surface area contributed by atoms with Crippen molar-refractivity contribution < 1.29 is 5.21 Å². The quantitative estimate of drug-likeness (QED) is 0.360. The van der Waals surface area contributed by atoms with Gasteiger partial charge in [-0.25, -0.2) is 0 Å². The van der Waals surface area contributed by atoms with E-state index in [0.29, 0.717) is 18.3 Å². The third-order valence-electron chi connectivity index (χ3n) is 3.42. The molecule has 0 amide bonds. The minimum atomic E-state index is 0.302. The number of oxime groups is 1. The van der Waals surface area contributed by atoms with Crippen molar-refractivity contribution in [3.63, 3.8) is 0 Å². The van der Waals surface area contributed by atoms with Gasteiger partial charge in [-0.2, -0.15) is 0 Å². The third-order valence-corrected chi connectivity index (χ3v) is 3.42. The zero-order chi connectivity index (χ0) is 12.3. The van der Waals surface area contributed by atoms with Crippen molar-refractivity contribution in [2.75, 3.05) is 6.54 Å². The molecule has 2 rings (SSSR count). The summed E-state index contributed by atoms with van der Waals surface area (Å²) in [7, 11) is 0. The lowest BCUT2D eigenvalue weighted by Crippen LogP contribution is -2.39. The van der Waals surface area contributed by atoms with E-state index in [1.165, 1.54) is 11.1 Å². The highest BCUT2D eigenvalue weighted by Gasteiger charge is 2.20. The summed E-state index contributed by atoms with van der Waals surface area (Å²) < 4.78 is 0. The molecule has 0 bridgehead atoms. The van der Waals surface area contributed by atoms with E-state index >= 15 is 0 Å². The first-order valence-electron chi connectivity index (χ1n) is 5.98. The zero-order valence-electron chi connectivity index (χ0n) is 10.1. The highest BCUT2D eigenvalue weighted by atomic mass is 16.4. The molecule has 0 saturated carbocycles. The Bertz CT molecular complexity index is 417. The third kappa shape index (κ3) is 2.77. The van der Waals surface area contributed by atoms with E-state index in [1.807, 2.05) is 0 Å². The molecule has 0 saturated heterocycles. The van der Waals surface area contributed by atoms with E-state index in [0.717, 1.165) is 19.5 Å². The molecule has 1 aromatic carbocycles. The van der Waals surface area contributed by atoms with Crippen LogP contribution in [0.2, 0.25) is 0 Å². The first-order valence-corrected chi connectivity index (χ1v) is 5.98. The van der Waals surface area contributed by atoms with Crippen molar-refractivity contribution in [2.24, 2.45) is 10.9 Å². The van der Waals surface area contributed by atoms with Crippen molar-refractivity contribution in [1.82, 2.24) is 4.90 Å². The average molecular weight is 233 g/mol. The minimum absolute atomic E-state index is 0.302. The molecule has 0 fully saturated rings. The fourth-order valence-electron chi connectivity index (χ4n) is 2.37. The van der Waals surface area contributed by atoms with Crippen LogP contribution in [0.3, 0.4) is 0 Å². The Morgan fingerprint density at radius 3 is 2.88 bits per heavy atom. The Kier molecular flexibility index (Phi) is 3.64. The standard InChI is InChI=1S/C13H19N3O/c1-10(8-13(14)15-17)16-7-6-11-4-2-3-5-12(11)9-16/h2-5,10,17H,6-9H2,1H3,(H2,14,15). The van der Waals surface area contributed by atoms with Crippen LogP contribution in [0.5, 0.6) is 0 Å². The predicted octanol–water partition coefficient (Wildman–Crippen LogP) is 1.57. The van der Waals surface area contributed by atoms with Crippen molar-refractivity contribution in [3.8, 4) is 0 Å². The summed E-state index contributed by atoms with van der Waals surface area (Å²) in [5.74, 6) is 0.302. The molecule has 1 aliphatic rings. The van der Waals surface area contributed by atoms with Crippen LogP contribution in [0.15, 0.2) is 29.4 Å². The van der Waals surface area contributed by atoms with E-state index in [1.54, 1.807) is 0 Å². The smallest absolute Gasteiger partial charge is 0.140 e. The van der Waals surface area contributed by atoms with Gasteiger partial charge in [-0.3, -0.25) is 4.90 Å². The predicted molar refractivity (Wildman–Crippen MR) is 68.0 cm³/mol.